The molecule has 1 aromatic heterocycles. The summed E-state index contributed by atoms with van der Waals surface area (Å²) in [7, 11) is 0. The summed E-state index contributed by atoms with van der Waals surface area (Å²) in [5, 5.41) is 11.6. The first-order valence-corrected chi connectivity index (χ1v) is 8.23. The second-order valence-electron chi connectivity index (χ2n) is 6.06. The molecule has 1 aliphatic rings. The van der Waals surface area contributed by atoms with Crippen LogP contribution < -0.4 is 0 Å². The van der Waals surface area contributed by atoms with Gasteiger partial charge in [0.25, 0.3) is 0 Å². The summed E-state index contributed by atoms with van der Waals surface area (Å²) in [4.78, 5) is 13.8. The summed E-state index contributed by atoms with van der Waals surface area (Å²) < 4.78 is 10.7. The van der Waals surface area contributed by atoms with Gasteiger partial charge in [-0.25, -0.2) is 0 Å². The number of carbonyl (C=O) groups is 1. The first-order valence-electron chi connectivity index (χ1n) is 7.70. The lowest BCUT2D eigenvalue weighted by Gasteiger charge is -2.36. The van der Waals surface area contributed by atoms with Crippen molar-refractivity contribution in [3.05, 3.63) is 36.1 Å². The number of rotatable bonds is 5. The highest BCUT2D eigenvalue weighted by atomic mass is 35.5. The van der Waals surface area contributed by atoms with Gasteiger partial charge < -0.3 is 19.2 Å². The molecule has 0 bridgehead atoms. The summed E-state index contributed by atoms with van der Waals surface area (Å²) in [5.74, 6) is -0.303. The second kappa shape index (κ2) is 6.91. The summed E-state index contributed by atoms with van der Waals surface area (Å²) >= 11 is 5.73. The van der Waals surface area contributed by atoms with E-state index < -0.39 is 5.60 Å². The fraction of sp³-hybridized carbons (Fsp3) is 0.471. The standard InChI is InChI=1S/C17H20ClNO4/c18-9-16(20)19(11-17(21)5-1-6-22-12-17)10-13-2-3-15-14(8-13)4-7-23-15/h2-4,7-8,21H,1,5-6,9-12H2. The Morgan fingerprint density at radius 3 is 3.00 bits per heavy atom. The Morgan fingerprint density at radius 2 is 2.26 bits per heavy atom. The number of benzene rings is 1. The van der Waals surface area contributed by atoms with Gasteiger partial charge in [-0.05, 0) is 36.6 Å². The van der Waals surface area contributed by atoms with Gasteiger partial charge in [0.05, 0.1) is 19.4 Å². The predicted octanol–water partition coefficient (Wildman–Crippen LogP) is 2.54. The molecule has 0 saturated carbocycles. The lowest BCUT2D eigenvalue weighted by atomic mass is 9.95. The summed E-state index contributed by atoms with van der Waals surface area (Å²) in [6, 6.07) is 7.66. The summed E-state index contributed by atoms with van der Waals surface area (Å²) in [5.41, 5.74) is 0.778. The number of carbonyl (C=O) groups excluding carboxylic acids is 1. The van der Waals surface area contributed by atoms with Gasteiger partial charge in [-0.15, -0.1) is 11.6 Å². The second-order valence-corrected chi connectivity index (χ2v) is 6.32. The van der Waals surface area contributed by atoms with Crippen molar-refractivity contribution in [1.29, 1.82) is 0 Å². The van der Waals surface area contributed by atoms with Gasteiger partial charge in [-0.3, -0.25) is 4.79 Å². The molecule has 1 N–H and O–H groups in total. The number of furan rings is 1. The molecule has 1 amide bonds. The molecule has 0 spiro atoms. The molecule has 2 aromatic rings. The van der Waals surface area contributed by atoms with Crippen LogP contribution in [0.5, 0.6) is 0 Å². The van der Waals surface area contributed by atoms with Gasteiger partial charge in [0, 0.05) is 18.5 Å². The Kier molecular flexibility index (Phi) is 4.90. The highest BCUT2D eigenvalue weighted by Crippen LogP contribution is 2.23. The lowest BCUT2D eigenvalue weighted by molar-refractivity contribution is -0.139. The number of halogens is 1. The van der Waals surface area contributed by atoms with Crippen LogP contribution in [0.1, 0.15) is 18.4 Å². The molecule has 23 heavy (non-hydrogen) atoms. The number of fused-ring (bicyclic) bond motifs is 1. The van der Waals surface area contributed by atoms with Crippen LogP contribution in [0.25, 0.3) is 11.0 Å². The number of ether oxygens (including phenoxy) is 1. The van der Waals surface area contributed by atoms with E-state index in [9.17, 15) is 9.90 Å². The zero-order valence-corrected chi connectivity index (χ0v) is 13.6. The molecule has 1 unspecified atom stereocenters. The highest BCUT2D eigenvalue weighted by Gasteiger charge is 2.33. The Morgan fingerprint density at radius 1 is 1.39 bits per heavy atom. The van der Waals surface area contributed by atoms with Crippen LogP contribution in [0.4, 0.5) is 0 Å². The number of nitrogens with zero attached hydrogens (tertiary/aromatic N) is 1. The van der Waals surface area contributed by atoms with Gasteiger partial charge in [0.1, 0.15) is 17.1 Å². The van der Waals surface area contributed by atoms with Gasteiger partial charge >= 0.3 is 0 Å². The number of hydrogen-bond donors (Lipinski definition) is 1. The van der Waals surface area contributed by atoms with E-state index in [4.69, 9.17) is 20.8 Å². The number of hydrogen-bond acceptors (Lipinski definition) is 4. The van der Waals surface area contributed by atoms with Crippen molar-refractivity contribution >= 4 is 28.5 Å². The van der Waals surface area contributed by atoms with Crippen molar-refractivity contribution in [2.45, 2.75) is 25.0 Å². The van der Waals surface area contributed by atoms with E-state index >= 15 is 0 Å². The van der Waals surface area contributed by atoms with Gasteiger partial charge in [-0.2, -0.15) is 0 Å². The maximum Gasteiger partial charge on any atom is 0.237 e. The lowest BCUT2D eigenvalue weighted by Crippen LogP contribution is -2.50. The SMILES string of the molecule is O=C(CCl)N(Cc1ccc2occc2c1)CC1(O)CCCOC1. The molecular formula is C17H20ClNO4. The van der Waals surface area contributed by atoms with E-state index in [0.717, 1.165) is 23.0 Å². The van der Waals surface area contributed by atoms with Crippen molar-refractivity contribution in [1.82, 2.24) is 4.90 Å². The molecule has 1 saturated heterocycles. The van der Waals surface area contributed by atoms with E-state index in [0.29, 0.717) is 19.6 Å². The Labute approximate surface area is 139 Å². The molecule has 1 aliphatic heterocycles. The topological polar surface area (TPSA) is 62.9 Å². The molecule has 6 heteroatoms. The van der Waals surface area contributed by atoms with Crippen LogP contribution in [0, 0.1) is 0 Å². The third-order valence-corrected chi connectivity index (χ3v) is 4.37. The fourth-order valence-corrected chi connectivity index (χ4v) is 3.14. The molecule has 1 atom stereocenters. The fourth-order valence-electron chi connectivity index (χ4n) is 2.97. The van der Waals surface area contributed by atoms with E-state index in [-0.39, 0.29) is 24.9 Å². The van der Waals surface area contributed by atoms with Crippen molar-refractivity contribution < 1.29 is 19.1 Å². The Hall–Kier alpha value is -1.56. The molecule has 0 radical (unpaired) electrons. The number of alkyl halides is 1. The Bertz CT molecular complexity index is 678. The molecule has 124 valence electrons. The average Bonchev–Trinajstić information content (AvgIpc) is 3.01. The van der Waals surface area contributed by atoms with Crippen molar-refractivity contribution in [2.75, 3.05) is 25.6 Å². The molecule has 1 aromatic carbocycles. The maximum atomic E-state index is 12.2. The summed E-state index contributed by atoms with van der Waals surface area (Å²) in [6.07, 6.45) is 3.05. The van der Waals surface area contributed by atoms with Crippen LogP contribution in [0.15, 0.2) is 34.9 Å². The predicted molar refractivity (Wildman–Crippen MR) is 87.4 cm³/mol. The van der Waals surface area contributed by atoms with E-state index in [1.54, 1.807) is 11.2 Å². The Balaban J connectivity index is 1.76. The normalized spacial score (nSPS) is 21.5. The number of amides is 1. The van der Waals surface area contributed by atoms with Crippen LogP contribution in [-0.4, -0.2) is 47.2 Å². The molecule has 3 rings (SSSR count). The third kappa shape index (κ3) is 3.86. The van der Waals surface area contributed by atoms with Crippen molar-refractivity contribution in [3.63, 3.8) is 0 Å². The van der Waals surface area contributed by atoms with Crippen LogP contribution in [0.2, 0.25) is 0 Å². The first-order chi connectivity index (χ1) is 11.1. The maximum absolute atomic E-state index is 12.2. The van der Waals surface area contributed by atoms with Crippen molar-refractivity contribution in [2.24, 2.45) is 0 Å². The minimum Gasteiger partial charge on any atom is -0.464 e. The smallest absolute Gasteiger partial charge is 0.237 e. The highest BCUT2D eigenvalue weighted by molar-refractivity contribution is 6.27. The minimum atomic E-state index is -1.00. The zero-order valence-electron chi connectivity index (χ0n) is 12.8. The van der Waals surface area contributed by atoms with E-state index in [2.05, 4.69) is 0 Å². The largest absolute Gasteiger partial charge is 0.464 e. The minimum absolute atomic E-state index is 0.106. The quantitative estimate of drug-likeness (QED) is 0.852. The average molecular weight is 338 g/mol. The number of aliphatic hydroxyl groups is 1. The van der Waals surface area contributed by atoms with Crippen LogP contribution >= 0.6 is 11.6 Å². The van der Waals surface area contributed by atoms with E-state index in [1.165, 1.54) is 0 Å². The molecule has 2 heterocycles. The first kappa shape index (κ1) is 16.3. The monoisotopic (exact) mass is 337 g/mol. The van der Waals surface area contributed by atoms with Crippen LogP contribution in [-0.2, 0) is 16.1 Å². The molecule has 5 nitrogen and oxygen atoms in total. The third-order valence-electron chi connectivity index (χ3n) is 4.14. The van der Waals surface area contributed by atoms with Crippen molar-refractivity contribution in [3.8, 4) is 0 Å². The van der Waals surface area contributed by atoms with E-state index in [1.807, 2.05) is 24.3 Å². The molecule has 0 aliphatic carbocycles. The van der Waals surface area contributed by atoms with Gasteiger partial charge in [0.15, 0.2) is 0 Å². The van der Waals surface area contributed by atoms with Gasteiger partial charge in [-0.1, -0.05) is 6.07 Å². The molecular weight excluding hydrogens is 318 g/mol. The molecule has 1 fully saturated rings. The summed E-state index contributed by atoms with van der Waals surface area (Å²) in [6.45, 7) is 1.53. The zero-order chi connectivity index (χ0) is 16.3. The van der Waals surface area contributed by atoms with Gasteiger partial charge in [0.2, 0.25) is 5.91 Å². The van der Waals surface area contributed by atoms with Crippen LogP contribution in [0.3, 0.4) is 0 Å².